The molecule has 0 aromatic heterocycles. The number of carbonyl (C=O) groups excluding carboxylic acids is 1. The van der Waals surface area contributed by atoms with Crippen LogP contribution in [0.1, 0.15) is 21.5 Å². The molecular formula is C24H25BrN2O4S. The molecule has 0 fully saturated rings. The number of ether oxygens (including phenoxy) is 1. The van der Waals surface area contributed by atoms with Crippen molar-refractivity contribution in [2.75, 3.05) is 23.7 Å². The zero-order valence-electron chi connectivity index (χ0n) is 17.9. The molecule has 0 atom stereocenters. The molecule has 3 aromatic rings. The maximum Gasteiger partial charge on any atom is 0.251 e. The number of hydrogen-bond acceptors (Lipinski definition) is 4. The topological polar surface area (TPSA) is 75.7 Å². The third-order valence-corrected chi connectivity index (χ3v) is 6.37. The molecule has 0 aliphatic carbocycles. The molecule has 0 spiro atoms. The van der Waals surface area contributed by atoms with Gasteiger partial charge in [0.15, 0.2) is 0 Å². The van der Waals surface area contributed by atoms with Gasteiger partial charge in [-0.25, -0.2) is 8.42 Å². The van der Waals surface area contributed by atoms with Gasteiger partial charge in [0.2, 0.25) is 10.0 Å². The molecule has 3 aromatic carbocycles. The van der Waals surface area contributed by atoms with Crippen LogP contribution in [0.4, 0.5) is 5.69 Å². The lowest BCUT2D eigenvalue weighted by Gasteiger charge is -2.22. The van der Waals surface area contributed by atoms with Gasteiger partial charge in [0, 0.05) is 10.0 Å². The van der Waals surface area contributed by atoms with Gasteiger partial charge >= 0.3 is 0 Å². The van der Waals surface area contributed by atoms with Crippen LogP contribution in [0.3, 0.4) is 0 Å². The number of aryl methyl sites for hydroxylation is 1. The SMILES string of the molecule is Cc1cccc(OCCNC(=O)c2ccc(CN(c3ccc(Br)cc3)S(C)(=O)=O)cc2)c1. The van der Waals surface area contributed by atoms with Crippen LogP contribution in [-0.2, 0) is 16.6 Å². The van der Waals surface area contributed by atoms with Gasteiger partial charge in [-0.2, -0.15) is 0 Å². The van der Waals surface area contributed by atoms with Gasteiger partial charge in [-0.05, 0) is 66.6 Å². The fourth-order valence-electron chi connectivity index (χ4n) is 3.08. The normalized spacial score (nSPS) is 11.1. The molecule has 0 aliphatic rings. The van der Waals surface area contributed by atoms with Gasteiger partial charge in [0.05, 0.1) is 25.0 Å². The third-order valence-electron chi connectivity index (χ3n) is 4.70. The molecule has 0 radical (unpaired) electrons. The number of benzene rings is 3. The van der Waals surface area contributed by atoms with Crippen molar-refractivity contribution >= 4 is 37.5 Å². The van der Waals surface area contributed by atoms with E-state index in [0.29, 0.717) is 24.4 Å². The fourth-order valence-corrected chi connectivity index (χ4v) is 4.23. The predicted molar refractivity (Wildman–Crippen MR) is 131 cm³/mol. The minimum Gasteiger partial charge on any atom is -0.492 e. The van der Waals surface area contributed by atoms with E-state index in [-0.39, 0.29) is 12.5 Å². The number of amides is 1. The number of rotatable bonds is 9. The van der Waals surface area contributed by atoms with Crippen molar-refractivity contribution in [3.05, 3.63) is 94.0 Å². The van der Waals surface area contributed by atoms with Crippen LogP contribution >= 0.6 is 15.9 Å². The van der Waals surface area contributed by atoms with Crippen molar-refractivity contribution in [2.45, 2.75) is 13.5 Å². The number of anilines is 1. The summed E-state index contributed by atoms with van der Waals surface area (Å²) in [6, 6.07) is 21.7. The maximum atomic E-state index is 12.4. The molecule has 0 saturated heterocycles. The van der Waals surface area contributed by atoms with Crippen molar-refractivity contribution in [1.82, 2.24) is 5.32 Å². The van der Waals surface area contributed by atoms with Gasteiger partial charge in [0.1, 0.15) is 12.4 Å². The van der Waals surface area contributed by atoms with E-state index in [9.17, 15) is 13.2 Å². The van der Waals surface area contributed by atoms with E-state index in [1.807, 2.05) is 31.2 Å². The van der Waals surface area contributed by atoms with E-state index < -0.39 is 10.0 Å². The van der Waals surface area contributed by atoms with Crippen LogP contribution in [0.25, 0.3) is 0 Å². The summed E-state index contributed by atoms with van der Waals surface area (Å²) in [6.45, 7) is 2.91. The predicted octanol–water partition coefficient (Wildman–Crippen LogP) is 4.53. The lowest BCUT2D eigenvalue weighted by molar-refractivity contribution is 0.0947. The van der Waals surface area contributed by atoms with Crippen LogP contribution in [0.2, 0.25) is 0 Å². The summed E-state index contributed by atoms with van der Waals surface area (Å²) in [4.78, 5) is 12.4. The molecule has 0 aliphatic heterocycles. The Balaban J connectivity index is 1.57. The van der Waals surface area contributed by atoms with Gasteiger partial charge in [-0.3, -0.25) is 9.10 Å². The number of nitrogens with one attached hydrogen (secondary N) is 1. The molecule has 32 heavy (non-hydrogen) atoms. The molecule has 168 valence electrons. The van der Waals surface area contributed by atoms with Gasteiger partial charge in [0.25, 0.3) is 5.91 Å². The van der Waals surface area contributed by atoms with Gasteiger partial charge in [-0.1, -0.05) is 40.2 Å². The quantitative estimate of drug-likeness (QED) is 0.424. The van der Waals surface area contributed by atoms with Crippen molar-refractivity contribution in [3.8, 4) is 5.75 Å². The lowest BCUT2D eigenvalue weighted by atomic mass is 10.1. The smallest absolute Gasteiger partial charge is 0.251 e. The molecule has 1 N–H and O–H groups in total. The first-order valence-corrected chi connectivity index (χ1v) is 12.7. The van der Waals surface area contributed by atoms with E-state index >= 15 is 0 Å². The van der Waals surface area contributed by atoms with Crippen LogP contribution in [0.5, 0.6) is 5.75 Å². The highest BCUT2D eigenvalue weighted by atomic mass is 79.9. The zero-order valence-corrected chi connectivity index (χ0v) is 20.3. The highest BCUT2D eigenvalue weighted by Gasteiger charge is 2.18. The number of nitrogens with zero attached hydrogens (tertiary/aromatic N) is 1. The maximum absolute atomic E-state index is 12.4. The van der Waals surface area contributed by atoms with E-state index in [0.717, 1.165) is 21.3 Å². The molecule has 8 heteroatoms. The second kappa shape index (κ2) is 10.7. The number of sulfonamides is 1. The second-order valence-electron chi connectivity index (χ2n) is 7.36. The Morgan fingerprint density at radius 2 is 1.72 bits per heavy atom. The highest BCUT2D eigenvalue weighted by molar-refractivity contribution is 9.10. The van der Waals surface area contributed by atoms with Gasteiger partial charge < -0.3 is 10.1 Å². The Morgan fingerprint density at radius 3 is 2.34 bits per heavy atom. The Morgan fingerprint density at radius 1 is 1.03 bits per heavy atom. The largest absolute Gasteiger partial charge is 0.492 e. The van der Waals surface area contributed by atoms with Crippen molar-refractivity contribution in [1.29, 1.82) is 0 Å². The Hall–Kier alpha value is -2.84. The summed E-state index contributed by atoms with van der Waals surface area (Å²) >= 11 is 3.36. The Bertz CT molecular complexity index is 1160. The molecule has 0 heterocycles. The first kappa shape index (κ1) is 23.8. The summed E-state index contributed by atoms with van der Waals surface area (Å²) < 4.78 is 32.4. The van der Waals surface area contributed by atoms with E-state index in [4.69, 9.17) is 4.74 Å². The zero-order chi connectivity index (χ0) is 23.1. The first-order valence-electron chi connectivity index (χ1n) is 10.0. The average Bonchev–Trinajstić information content (AvgIpc) is 2.75. The first-order chi connectivity index (χ1) is 15.2. The molecule has 6 nitrogen and oxygen atoms in total. The summed E-state index contributed by atoms with van der Waals surface area (Å²) in [5.41, 5.74) is 2.96. The third kappa shape index (κ3) is 6.83. The number of hydrogen-bond donors (Lipinski definition) is 1. The van der Waals surface area contributed by atoms with Gasteiger partial charge in [-0.15, -0.1) is 0 Å². The Kier molecular flexibility index (Phi) is 7.93. The number of halogens is 1. The standard InChI is InChI=1S/C24H25BrN2O4S/c1-18-4-3-5-23(16-18)31-15-14-26-24(28)20-8-6-19(7-9-20)17-27(32(2,29)30)22-12-10-21(25)11-13-22/h3-13,16H,14-15,17H2,1-2H3,(H,26,28). The van der Waals surface area contributed by atoms with Crippen molar-refractivity contribution in [3.63, 3.8) is 0 Å². The van der Waals surface area contributed by atoms with Crippen molar-refractivity contribution in [2.24, 2.45) is 0 Å². The minimum atomic E-state index is -3.47. The molecule has 0 unspecified atom stereocenters. The van der Waals surface area contributed by atoms with E-state index in [1.54, 1.807) is 48.5 Å². The van der Waals surface area contributed by atoms with Crippen LogP contribution < -0.4 is 14.4 Å². The summed E-state index contributed by atoms with van der Waals surface area (Å²) in [6.07, 6.45) is 1.18. The molecule has 0 bridgehead atoms. The highest BCUT2D eigenvalue weighted by Crippen LogP contribution is 2.23. The monoisotopic (exact) mass is 516 g/mol. The average molecular weight is 517 g/mol. The van der Waals surface area contributed by atoms with E-state index in [2.05, 4.69) is 21.2 Å². The fraction of sp³-hybridized carbons (Fsp3) is 0.208. The summed E-state index contributed by atoms with van der Waals surface area (Å²) in [7, 11) is -3.47. The molecular weight excluding hydrogens is 492 g/mol. The van der Waals surface area contributed by atoms with E-state index in [1.165, 1.54) is 10.6 Å². The second-order valence-corrected chi connectivity index (χ2v) is 10.2. The summed E-state index contributed by atoms with van der Waals surface area (Å²) in [5, 5.41) is 2.82. The van der Waals surface area contributed by atoms with Crippen LogP contribution in [0.15, 0.2) is 77.3 Å². The van der Waals surface area contributed by atoms with Crippen LogP contribution in [-0.4, -0.2) is 33.7 Å². The summed E-state index contributed by atoms with van der Waals surface area (Å²) in [5.74, 6) is 0.557. The molecule has 3 rings (SSSR count). The van der Waals surface area contributed by atoms with Crippen LogP contribution in [0, 0.1) is 6.92 Å². The number of carbonyl (C=O) groups is 1. The van der Waals surface area contributed by atoms with Crippen molar-refractivity contribution < 1.29 is 17.9 Å². The molecule has 1 amide bonds. The minimum absolute atomic E-state index is 0.173. The lowest BCUT2D eigenvalue weighted by Crippen LogP contribution is -2.29. The molecule has 0 saturated carbocycles. The Labute approximate surface area is 197 Å².